The first kappa shape index (κ1) is 14.8. The van der Waals surface area contributed by atoms with E-state index in [1.54, 1.807) is 24.4 Å². The minimum atomic E-state index is -0.309. The van der Waals surface area contributed by atoms with Gasteiger partial charge in [-0.3, -0.25) is 14.6 Å². The predicted octanol–water partition coefficient (Wildman–Crippen LogP) is 1.99. The molecule has 116 valence electrons. The van der Waals surface area contributed by atoms with Crippen LogP contribution in [0.4, 0.5) is 0 Å². The average Bonchev–Trinajstić information content (AvgIpc) is 3.12. The van der Waals surface area contributed by atoms with Crippen molar-refractivity contribution in [1.82, 2.24) is 15.6 Å². The van der Waals surface area contributed by atoms with Crippen molar-refractivity contribution >= 4 is 22.7 Å². The lowest BCUT2D eigenvalue weighted by Crippen LogP contribution is -2.34. The van der Waals surface area contributed by atoms with Gasteiger partial charge < -0.3 is 15.1 Å². The van der Waals surface area contributed by atoms with E-state index in [4.69, 9.17) is 4.42 Å². The Morgan fingerprint density at radius 1 is 0.957 bits per heavy atom. The van der Waals surface area contributed by atoms with Crippen LogP contribution in [0.1, 0.15) is 20.9 Å². The Bertz CT molecular complexity index is 823. The van der Waals surface area contributed by atoms with Gasteiger partial charge >= 0.3 is 0 Å². The predicted molar refractivity (Wildman–Crippen MR) is 85.1 cm³/mol. The standard InChI is InChI=1S/C17H15N3O3/c21-16(13-6-1-4-12-5-2-8-18-15(12)13)19-9-10-20-17(22)14-7-3-11-23-14/h1-8,11H,9-10H2,(H,19,21)(H,20,22). The Hall–Kier alpha value is -3.15. The van der Waals surface area contributed by atoms with Crippen molar-refractivity contribution in [3.63, 3.8) is 0 Å². The van der Waals surface area contributed by atoms with Crippen LogP contribution in [0, 0.1) is 0 Å². The number of pyridine rings is 1. The van der Waals surface area contributed by atoms with E-state index in [9.17, 15) is 9.59 Å². The number of hydrogen-bond donors (Lipinski definition) is 2. The molecule has 3 rings (SSSR count). The average molecular weight is 309 g/mol. The molecule has 2 heterocycles. The summed E-state index contributed by atoms with van der Waals surface area (Å²) in [6.45, 7) is 0.623. The van der Waals surface area contributed by atoms with Crippen molar-refractivity contribution in [3.8, 4) is 0 Å². The summed E-state index contributed by atoms with van der Waals surface area (Å²) in [5, 5.41) is 6.34. The Morgan fingerprint density at radius 3 is 2.52 bits per heavy atom. The lowest BCUT2D eigenvalue weighted by molar-refractivity contribution is 0.0911. The zero-order valence-electron chi connectivity index (χ0n) is 12.3. The molecule has 0 saturated carbocycles. The zero-order chi connectivity index (χ0) is 16.1. The zero-order valence-corrected chi connectivity index (χ0v) is 12.3. The van der Waals surface area contributed by atoms with Crippen LogP contribution in [-0.2, 0) is 0 Å². The summed E-state index contributed by atoms with van der Waals surface area (Å²) in [6, 6.07) is 12.4. The van der Waals surface area contributed by atoms with Gasteiger partial charge in [0, 0.05) is 24.7 Å². The monoisotopic (exact) mass is 309 g/mol. The van der Waals surface area contributed by atoms with E-state index >= 15 is 0 Å². The molecule has 6 nitrogen and oxygen atoms in total. The molecule has 0 unspecified atom stereocenters. The summed E-state index contributed by atoms with van der Waals surface area (Å²) < 4.78 is 4.98. The van der Waals surface area contributed by atoms with Crippen LogP contribution in [0.3, 0.4) is 0 Å². The van der Waals surface area contributed by atoms with Gasteiger partial charge in [0.1, 0.15) is 0 Å². The van der Waals surface area contributed by atoms with E-state index < -0.39 is 0 Å². The number of nitrogens with one attached hydrogen (secondary N) is 2. The first-order chi connectivity index (χ1) is 11.3. The van der Waals surface area contributed by atoms with Gasteiger partial charge in [0.25, 0.3) is 11.8 Å². The topological polar surface area (TPSA) is 84.2 Å². The number of carbonyl (C=O) groups is 2. The largest absolute Gasteiger partial charge is 0.459 e. The molecule has 1 aromatic carbocycles. The molecule has 0 aliphatic rings. The van der Waals surface area contributed by atoms with E-state index in [0.29, 0.717) is 24.2 Å². The number of furan rings is 1. The Kier molecular flexibility index (Phi) is 4.33. The van der Waals surface area contributed by atoms with Crippen molar-refractivity contribution in [3.05, 3.63) is 66.2 Å². The number of rotatable bonds is 5. The van der Waals surface area contributed by atoms with E-state index in [1.807, 2.05) is 24.3 Å². The normalized spacial score (nSPS) is 10.4. The minimum Gasteiger partial charge on any atom is -0.459 e. The van der Waals surface area contributed by atoms with Gasteiger partial charge in [-0.25, -0.2) is 0 Å². The third-order valence-electron chi connectivity index (χ3n) is 3.32. The first-order valence-electron chi connectivity index (χ1n) is 7.19. The van der Waals surface area contributed by atoms with E-state index in [2.05, 4.69) is 15.6 Å². The number of fused-ring (bicyclic) bond motifs is 1. The third kappa shape index (κ3) is 3.37. The number of para-hydroxylation sites is 1. The highest BCUT2D eigenvalue weighted by Crippen LogP contribution is 2.15. The summed E-state index contributed by atoms with van der Waals surface area (Å²) in [7, 11) is 0. The summed E-state index contributed by atoms with van der Waals surface area (Å²) in [5.74, 6) is -0.285. The molecular weight excluding hydrogens is 294 g/mol. The number of nitrogens with zero attached hydrogens (tertiary/aromatic N) is 1. The number of amides is 2. The van der Waals surface area contributed by atoms with Crippen LogP contribution in [0.2, 0.25) is 0 Å². The second kappa shape index (κ2) is 6.74. The van der Waals surface area contributed by atoms with Gasteiger partial charge in [-0.15, -0.1) is 0 Å². The van der Waals surface area contributed by atoms with Crippen LogP contribution in [0.15, 0.2) is 59.3 Å². The SMILES string of the molecule is O=C(NCCNC(=O)c1cccc2cccnc12)c1ccco1. The lowest BCUT2D eigenvalue weighted by Gasteiger charge is -2.08. The molecule has 3 aromatic rings. The second-order valence-electron chi connectivity index (χ2n) is 4.87. The third-order valence-corrected chi connectivity index (χ3v) is 3.32. The molecule has 6 heteroatoms. The smallest absolute Gasteiger partial charge is 0.287 e. The fraction of sp³-hybridized carbons (Fsp3) is 0.118. The van der Waals surface area contributed by atoms with Gasteiger partial charge in [0.2, 0.25) is 0 Å². The lowest BCUT2D eigenvalue weighted by atomic mass is 10.1. The maximum Gasteiger partial charge on any atom is 0.287 e. The second-order valence-corrected chi connectivity index (χ2v) is 4.87. The van der Waals surface area contributed by atoms with Crippen molar-refractivity contribution in [2.75, 3.05) is 13.1 Å². The van der Waals surface area contributed by atoms with Crippen LogP contribution in [0.25, 0.3) is 10.9 Å². The quantitative estimate of drug-likeness (QED) is 0.706. The first-order valence-corrected chi connectivity index (χ1v) is 7.19. The van der Waals surface area contributed by atoms with Crippen molar-refractivity contribution in [1.29, 1.82) is 0 Å². The highest BCUT2D eigenvalue weighted by Gasteiger charge is 2.11. The molecule has 23 heavy (non-hydrogen) atoms. The summed E-state index contributed by atoms with van der Waals surface area (Å²) >= 11 is 0. The number of aromatic nitrogens is 1. The molecule has 2 amide bonds. The molecule has 0 saturated heterocycles. The fourth-order valence-electron chi connectivity index (χ4n) is 2.23. The maximum absolute atomic E-state index is 12.2. The Labute approximate surface area is 132 Å². The van der Waals surface area contributed by atoms with Crippen LogP contribution in [0.5, 0.6) is 0 Å². The number of benzene rings is 1. The molecular formula is C17H15N3O3. The number of carbonyl (C=O) groups excluding carboxylic acids is 2. The van der Waals surface area contributed by atoms with Crippen LogP contribution < -0.4 is 10.6 Å². The Balaban J connectivity index is 1.56. The molecule has 0 aliphatic carbocycles. The highest BCUT2D eigenvalue weighted by molar-refractivity contribution is 6.05. The molecule has 0 radical (unpaired) electrons. The molecule has 2 aromatic heterocycles. The van der Waals surface area contributed by atoms with Gasteiger partial charge in [-0.2, -0.15) is 0 Å². The molecule has 0 aliphatic heterocycles. The summed E-state index contributed by atoms with van der Waals surface area (Å²) in [5.41, 5.74) is 1.17. The van der Waals surface area contributed by atoms with Gasteiger partial charge in [0.05, 0.1) is 17.3 Å². The van der Waals surface area contributed by atoms with Crippen LogP contribution in [-0.4, -0.2) is 29.9 Å². The van der Waals surface area contributed by atoms with Gasteiger partial charge in [-0.1, -0.05) is 18.2 Å². The van der Waals surface area contributed by atoms with Crippen molar-refractivity contribution in [2.24, 2.45) is 0 Å². The minimum absolute atomic E-state index is 0.221. The summed E-state index contributed by atoms with van der Waals surface area (Å²) in [4.78, 5) is 28.2. The van der Waals surface area contributed by atoms with E-state index in [1.165, 1.54) is 6.26 Å². The Morgan fingerprint density at radius 2 is 1.74 bits per heavy atom. The highest BCUT2D eigenvalue weighted by atomic mass is 16.3. The maximum atomic E-state index is 12.2. The fourth-order valence-corrected chi connectivity index (χ4v) is 2.23. The molecule has 0 atom stereocenters. The molecule has 0 fully saturated rings. The number of hydrogen-bond acceptors (Lipinski definition) is 4. The summed E-state index contributed by atoms with van der Waals surface area (Å²) in [6.07, 6.45) is 3.09. The van der Waals surface area contributed by atoms with Crippen molar-refractivity contribution in [2.45, 2.75) is 0 Å². The molecule has 0 bridgehead atoms. The van der Waals surface area contributed by atoms with Crippen molar-refractivity contribution < 1.29 is 14.0 Å². The molecule has 0 spiro atoms. The van der Waals surface area contributed by atoms with E-state index in [0.717, 1.165) is 5.39 Å². The van der Waals surface area contributed by atoms with Crippen LogP contribution >= 0.6 is 0 Å². The van der Waals surface area contributed by atoms with Gasteiger partial charge in [0.15, 0.2) is 5.76 Å². The van der Waals surface area contributed by atoms with E-state index in [-0.39, 0.29) is 17.6 Å². The molecule has 2 N–H and O–H groups in total. The van der Waals surface area contributed by atoms with Gasteiger partial charge in [-0.05, 0) is 24.3 Å².